The fourth-order valence-electron chi connectivity index (χ4n) is 2.20. The average molecular weight is 355 g/mol. The summed E-state index contributed by atoms with van der Waals surface area (Å²) in [5.74, 6) is 0.814. The van der Waals surface area contributed by atoms with Gasteiger partial charge in [0.05, 0.1) is 7.11 Å². The first kappa shape index (κ1) is 15.4. The van der Waals surface area contributed by atoms with Crippen LogP contribution in [-0.2, 0) is 6.42 Å². The van der Waals surface area contributed by atoms with Crippen LogP contribution >= 0.6 is 27.5 Å². The lowest BCUT2D eigenvalue weighted by molar-refractivity contribution is 0.408. The predicted octanol–water partition coefficient (Wildman–Crippen LogP) is 4.66. The molecule has 0 amide bonds. The Balaban J connectivity index is 2.29. The molecule has 0 bridgehead atoms. The molecule has 2 N–H and O–H groups in total. The number of halogens is 2. The molecule has 0 aromatic heterocycles. The summed E-state index contributed by atoms with van der Waals surface area (Å²) in [5.41, 5.74) is 9.64. The highest BCUT2D eigenvalue weighted by Gasteiger charge is 2.14. The standard InChI is InChI=1S/C16H17BrClNO/c1-10-3-5-14(17)13(7-10)15(19)9-11-8-12(18)4-6-16(11)20-2/h3-8,15H,9,19H2,1-2H3. The molecular weight excluding hydrogens is 338 g/mol. The average Bonchev–Trinajstić information content (AvgIpc) is 2.41. The highest BCUT2D eigenvalue weighted by molar-refractivity contribution is 9.10. The van der Waals surface area contributed by atoms with E-state index in [0.717, 1.165) is 21.3 Å². The Kier molecular flexibility index (Phi) is 5.08. The van der Waals surface area contributed by atoms with Crippen molar-refractivity contribution in [2.45, 2.75) is 19.4 Å². The number of aryl methyl sites for hydroxylation is 1. The van der Waals surface area contributed by atoms with Crippen molar-refractivity contribution < 1.29 is 4.74 Å². The van der Waals surface area contributed by atoms with E-state index in [2.05, 4.69) is 35.0 Å². The van der Waals surface area contributed by atoms with E-state index in [-0.39, 0.29) is 6.04 Å². The van der Waals surface area contributed by atoms with Crippen LogP contribution in [0.5, 0.6) is 5.75 Å². The zero-order valence-electron chi connectivity index (χ0n) is 11.5. The minimum atomic E-state index is -0.114. The van der Waals surface area contributed by atoms with Gasteiger partial charge in [-0.2, -0.15) is 0 Å². The van der Waals surface area contributed by atoms with Gasteiger partial charge in [0.1, 0.15) is 5.75 Å². The molecule has 0 heterocycles. The summed E-state index contributed by atoms with van der Waals surface area (Å²) in [4.78, 5) is 0. The predicted molar refractivity (Wildman–Crippen MR) is 87.5 cm³/mol. The minimum absolute atomic E-state index is 0.114. The molecule has 0 aliphatic rings. The van der Waals surface area contributed by atoms with E-state index in [1.807, 2.05) is 24.3 Å². The Bertz CT molecular complexity index is 615. The Hall–Kier alpha value is -1.03. The van der Waals surface area contributed by atoms with Gasteiger partial charge in [-0.15, -0.1) is 0 Å². The normalized spacial score (nSPS) is 12.2. The molecule has 1 unspecified atom stereocenters. The maximum absolute atomic E-state index is 6.34. The van der Waals surface area contributed by atoms with Crippen LogP contribution in [0.2, 0.25) is 5.02 Å². The van der Waals surface area contributed by atoms with E-state index in [4.69, 9.17) is 22.1 Å². The number of methoxy groups -OCH3 is 1. The molecule has 1 atom stereocenters. The molecule has 0 fully saturated rings. The zero-order valence-corrected chi connectivity index (χ0v) is 13.8. The summed E-state index contributed by atoms with van der Waals surface area (Å²) in [5, 5.41) is 0.691. The topological polar surface area (TPSA) is 35.2 Å². The van der Waals surface area contributed by atoms with Gasteiger partial charge in [-0.25, -0.2) is 0 Å². The van der Waals surface area contributed by atoms with E-state index in [1.54, 1.807) is 7.11 Å². The van der Waals surface area contributed by atoms with Crippen LogP contribution in [0.3, 0.4) is 0 Å². The quantitative estimate of drug-likeness (QED) is 0.866. The van der Waals surface area contributed by atoms with Crippen LogP contribution in [0.1, 0.15) is 22.7 Å². The van der Waals surface area contributed by atoms with Gasteiger partial charge >= 0.3 is 0 Å². The van der Waals surface area contributed by atoms with Crippen molar-refractivity contribution in [1.82, 2.24) is 0 Å². The van der Waals surface area contributed by atoms with Gasteiger partial charge in [0, 0.05) is 15.5 Å². The molecule has 4 heteroatoms. The molecule has 0 aliphatic carbocycles. The van der Waals surface area contributed by atoms with E-state index in [9.17, 15) is 0 Å². The van der Waals surface area contributed by atoms with Gasteiger partial charge in [-0.05, 0) is 48.7 Å². The molecule has 2 nitrogen and oxygen atoms in total. The molecular formula is C16H17BrClNO. The number of hydrogen-bond donors (Lipinski definition) is 1. The first-order valence-electron chi connectivity index (χ1n) is 6.35. The first-order valence-corrected chi connectivity index (χ1v) is 7.52. The number of nitrogens with two attached hydrogens (primary N) is 1. The molecule has 0 radical (unpaired) electrons. The maximum atomic E-state index is 6.34. The van der Waals surface area contributed by atoms with Gasteiger partial charge in [-0.3, -0.25) is 0 Å². The summed E-state index contributed by atoms with van der Waals surface area (Å²) in [6.07, 6.45) is 0.672. The van der Waals surface area contributed by atoms with Crippen molar-refractivity contribution >= 4 is 27.5 Å². The zero-order chi connectivity index (χ0) is 14.7. The lowest BCUT2D eigenvalue weighted by Crippen LogP contribution is -2.14. The fraction of sp³-hybridized carbons (Fsp3) is 0.250. The monoisotopic (exact) mass is 353 g/mol. The summed E-state index contributed by atoms with van der Waals surface area (Å²) in [6, 6.07) is 11.7. The number of ether oxygens (including phenoxy) is 1. The Morgan fingerprint density at radius 3 is 2.70 bits per heavy atom. The number of rotatable bonds is 4. The van der Waals surface area contributed by atoms with E-state index < -0.39 is 0 Å². The molecule has 0 aliphatic heterocycles. The van der Waals surface area contributed by atoms with Crippen molar-refractivity contribution in [3.05, 3.63) is 62.6 Å². The molecule has 2 aromatic carbocycles. The highest BCUT2D eigenvalue weighted by atomic mass is 79.9. The van der Waals surface area contributed by atoms with Crippen molar-refractivity contribution in [2.75, 3.05) is 7.11 Å². The second-order valence-corrected chi connectivity index (χ2v) is 6.08. The second kappa shape index (κ2) is 6.61. The largest absolute Gasteiger partial charge is 0.496 e. The lowest BCUT2D eigenvalue weighted by Gasteiger charge is -2.17. The lowest BCUT2D eigenvalue weighted by atomic mass is 9.98. The Morgan fingerprint density at radius 2 is 2.00 bits per heavy atom. The summed E-state index contributed by atoms with van der Waals surface area (Å²) in [7, 11) is 1.65. The Morgan fingerprint density at radius 1 is 1.25 bits per heavy atom. The number of hydrogen-bond acceptors (Lipinski definition) is 2. The third-order valence-electron chi connectivity index (χ3n) is 3.23. The van der Waals surface area contributed by atoms with Crippen molar-refractivity contribution in [2.24, 2.45) is 5.73 Å². The SMILES string of the molecule is COc1ccc(Cl)cc1CC(N)c1cc(C)ccc1Br. The van der Waals surface area contributed by atoms with Crippen LogP contribution in [0, 0.1) is 6.92 Å². The highest BCUT2D eigenvalue weighted by Crippen LogP contribution is 2.30. The third-order valence-corrected chi connectivity index (χ3v) is 4.19. The molecule has 106 valence electrons. The fourth-order valence-corrected chi connectivity index (χ4v) is 2.94. The smallest absolute Gasteiger partial charge is 0.122 e. The van der Waals surface area contributed by atoms with Crippen LogP contribution in [0.25, 0.3) is 0 Å². The number of benzene rings is 2. The van der Waals surface area contributed by atoms with Crippen molar-refractivity contribution in [3.8, 4) is 5.75 Å². The van der Waals surface area contributed by atoms with Gasteiger partial charge in [0.15, 0.2) is 0 Å². The van der Waals surface area contributed by atoms with E-state index in [0.29, 0.717) is 11.4 Å². The second-order valence-electron chi connectivity index (χ2n) is 4.79. The summed E-state index contributed by atoms with van der Waals surface area (Å²) >= 11 is 9.61. The molecule has 0 spiro atoms. The molecule has 2 rings (SSSR count). The molecule has 20 heavy (non-hydrogen) atoms. The summed E-state index contributed by atoms with van der Waals surface area (Å²) < 4.78 is 6.39. The van der Waals surface area contributed by atoms with Crippen molar-refractivity contribution in [3.63, 3.8) is 0 Å². The van der Waals surface area contributed by atoms with Gasteiger partial charge in [0.2, 0.25) is 0 Å². The van der Waals surface area contributed by atoms with Crippen molar-refractivity contribution in [1.29, 1.82) is 0 Å². The Labute approximate surface area is 133 Å². The van der Waals surface area contributed by atoms with E-state index in [1.165, 1.54) is 5.56 Å². The van der Waals surface area contributed by atoms with E-state index >= 15 is 0 Å². The molecule has 2 aromatic rings. The van der Waals surface area contributed by atoms with Crippen LogP contribution in [-0.4, -0.2) is 7.11 Å². The van der Waals surface area contributed by atoms with Crippen LogP contribution < -0.4 is 10.5 Å². The van der Waals surface area contributed by atoms with Gasteiger partial charge in [0.25, 0.3) is 0 Å². The third kappa shape index (κ3) is 3.54. The van der Waals surface area contributed by atoms with Gasteiger partial charge < -0.3 is 10.5 Å². The summed E-state index contributed by atoms with van der Waals surface area (Å²) in [6.45, 7) is 2.06. The first-order chi connectivity index (χ1) is 9.51. The minimum Gasteiger partial charge on any atom is -0.496 e. The molecule has 0 saturated carbocycles. The molecule has 0 saturated heterocycles. The van der Waals surface area contributed by atoms with Gasteiger partial charge in [-0.1, -0.05) is 45.2 Å². The van der Waals surface area contributed by atoms with Crippen LogP contribution in [0.4, 0.5) is 0 Å². The van der Waals surface area contributed by atoms with Crippen LogP contribution in [0.15, 0.2) is 40.9 Å². The maximum Gasteiger partial charge on any atom is 0.122 e.